The fourth-order valence-corrected chi connectivity index (χ4v) is 8.53. The molecule has 3 rings (SSSR count). The molecule has 1 aromatic carbocycles. The smallest absolute Gasteiger partial charge is 0.219 e. The van der Waals surface area contributed by atoms with Crippen molar-refractivity contribution in [2.45, 2.75) is 62.6 Å². The molecule has 11 heteroatoms. The molecule has 0 amide bonds. The number of hydrogen-bond acceptors (Lipinski definition) is 6. The molecule has 0 saturated heterocycles. The Hall–Kier alpha value is -0.850. The van der Waals surface area contributed by atoms with E-state index in [4.69, 9.17) is 4.74 Å². The summed E-state index contributed by atoms with van der Waals surface area (Å²) in [7, 11) is -2.08. The molecule has 1 fully saturated rings. The standard InChI is InChI=1S/C22H32BrN3O4S3/c1-21(2,3)32(27)25-22(4,20-24-18(23)14-31-20)19(16-9-10-16)33(28,29)26(5)13-15-7-11-17(30-6)12-8-15/h7-8,11-12,14,16,19,25H,9-10,13H2,1-6H3. The molecule has 33 heavy (non-hydrogen) atoms. The molecular formula is C22H32BrN3O4S3. The highest BCUT2D eigenvalue weighted by Gasteiger charge is 2.55. The summed E-state index contributed by atoms with van der Waals surface area (Å²) in [5, 5.41) is 1.62. The van der Waals surface area contributed by atoms with Crippen LogP contribution in [0.5, 0.6) is 5.75 Å². The predicted molar refractivity (Wildman–Crippen MR) is 138 cm³/mol. The zero-order chi connectivity index (χ0) is 24.6. The molecule has 184 valence electrons. The third-order valence-electron chi connectivity index (χ3n) is 5.72. The fourth-order valence-electron chi connectivity index (χ4n) is 3.75. The van der Waals surface area contributed by atoms with Crippen molar-refractivity contribution in [3.63, 3.8) is 0 Å². The van der Waals surface area contributed by atoms with Crippen LogP contribution in [0.15, 0.2) is 34.2 Å². The van der Waals surface area contributed by atoms with Crippen LogP contribution in [0.4, 0.5) is 0 Å². The van der Waals surface area contributed by atoms with E-state index in [9.17, 15) is 12.6 Å². The van der Waals surface area contributed by atoms with E-state index in [2.05, 4.69) is 25.6 Å². The topological polar surface area (TPSA) is 88.6 Å². The summed E-state index contributed by atoms with van der Waals surface area (Å²) >= 11 is 4.76. The minimum Gasteiger partial charge on any atom is -0.497 e. The lowest BCUT2D eigenvalue weighted by atomic mass is 9.96. The first-order valence-corrected chi connectivity index (χ1v) is 15.0. The van der Waals surface area contributed by atoms with Crippen molar-refractivity contribution < 1.29 is 17.4 Å². The summed E-state index contributed by atoms with van der Waals surface area (Å²) in [4.78, 5) is 4.57. The van der Waals surface area contributed by atoms with E-state index in [0.717, 1.165) is 24.2 Å². The molecule has 1 aromatic heterocycles. The summed E-state index contributed by atoms with van der Waals surface area (Å²) in [5.41, 5.74) is -0.260. The van der Waals surface area contributed by atoms with E-state index >= 15 is 0 Å². The zero-order valence-corrected chi connectivity index (χ0v) is 23.8. The first-order valence-electron chi connectivity index (χ1n) is 10.7. The van der Waals surface area contributed by atoms with Crippen LogP contribution in [-0.4, -0.2) is 46.1 Å². The van der Waals surface area contributed by atoms with Crippen molar-refractivity contribution in [1.29, 1.82) is 0 Å². The van der Waals surface area contributed by atoms with Crippen molar-refractivity contribution in [3.8, 4) is 5.75 Å². The van der Waals surface area contributed by atoms with Gasteiger partial charge in [0.1, 0.15) is 20.6 Å². The average Bonchev–Trinajstić information content (AvgIpc) is 3.45. The minimum atomic E-state index is -3.78. The van der Waals surface area contributed by atoms with E-state index in [1.165, 1.54) is 15.6 Å². The second-order valence-electron chi connectivity index (χ2n) is 9.57. The normalized spacial score (nSPS) is 18.7. The molecule has 0 spiro atoms. The van der Waals surface area contributed by atoms with Gasteiger partial charge in [-0.25, -0.2) is 26.6 Å². The van der Waals surface area contributed by atoms with Crippen molar-refractivity contribution in [2.24, 2.45) is 5.92 Å². The zero-order valence-electron chi connectivity index (χ0n) is 19.8. The van der Waals surface area contributed by atoms with Crippen molar-refractivity contribution in [1.82, 2.24) is 14.0 Å². The molecule has 1 N–H and O–H groups in total. The molecule has 3 atom stereocenters. The number of nitrogens with zero attached hydrogens (tertiary/aromatic N) is 2. The molecule has 0 aliphatic heterocycles. The van der Waals surface area contributed by atoms with Crippen LogP contribution in [0, 0.1) is 5.92 Å². The highest BCUT2D eigenvalue weighted by atomic mass is 79.9. The van der Waals surface area contributed by atoms with Crippen LogP contribution in [0.1, 0.15) is 51.1 Å². The number of thiazole rings is 1. The molecule has 1 aliphatic carbocycles. The Morgan fingerprint density at radius 2 is 1.88 bits per heavy atom. The fraction of sp³-hybridized carbons (Fsp3) is 0.591. The third kappa shape index (κ3) is 6.05. The maximum atomic E-state index is 14.0. The first kappa shape index (κ1) is 26.7. The Balaban J connectivity index is 2.00. The highest BCUT2D eigenvalue weighted by molar-refractivity contribution is 9.10. The Labute approximate surface area is 212 Å². The monoisotopic (exact) mass is 577 g/mol. The highest BCUT2D eigenvalue weighted by Crippen LogP contribution is 2.47. The number of ether oxygens (including phenoxy) is 1. The van der Waals surface area contributed by atoms with Gasteiger partial charge in [-0.3, -0.25) is 0 Å². The van der Waals surface area contributed by atoms with E-state index in [-0.39, 0.29) is 12.5 Å². The van der Waals surface area contributed by atoms with Crippen LogP contribution >= 0.6 is 27.3 Å². The lowest BCUT2D eigenvalue weighted by Gasteiger charge is -2.39. The summed E-state index contributed by atoms with van der Waals surface area (Å²) in [6.45, 7) is 7.65. The van der Waals surface area contributed by atoms with Crippen molar-refractivity contribution in [3.05, 3.63) is 44.8 Å². The first-order chi connectivity index (χ1) is 15.3. The van der Waals surface area contributed by atoms with E-state index in [1.807, 2.05) is 57.3 Å². The average molecular weight is 579 g/mol. The summed E-state index contributed by atoms with van der Waals surface area (Å²) < 4.78 is 51.1. The Bertz CT molecular complexity index is 1090. The van der Waals surface area contributed by atoms with Crippen LogP contribution in [-0.2, 0) is 33.1 Å². The van der Waals surface area contributed by atoms with E-state index in [1.54, 1.807) is 14.2 Å². The molecule has 1 saturated carbocycles. The van der Waals surface area contributed by atoms with Crippen LogP contribution in [0.25, 0.3) is 0 Å². The maximum absolute atomic E-state index is 14.0. The second-order valence-corrected chi connectivity index (χ2v) is 15.4. The summed E-state index contributed by atoms with van der Waals surface area (Å²) in [5.74, 6) is 0.682. The van der Waals surface area contributed by atoms with Gasteiger partial charge in [0.15, 0.2) is 0 Å². The summed E-state index contributed by atoms with van der Waals surface area (Å²) in [6, 6.07) is 7.36. The molecule has 1 aliphatic rings. The molecule has 1 heterocycles. The number of nitrogens with one attached hydrogen (secondary N) is 1. The van der Waals surface area contributed by atoms with Crippen LogP contribution in [0.3, 0.4) is 0 Å². The maximum Gasteiger partial charge on any atom is 0.219 e. The SMILES string of the molecule is COc1ccc(CN(C)S(=O)(=O)C(C2CC2)C(C)(NS(=O)C(C)(C)C)c2nc(Br)cs2)cc1. The van der Waals surface area contributed by atoms with Gasteiger partial charge in [0.05, 0.1) is 28.4 Å². The third-order valence-corrected chi connectivity index (χ3v) is 11.7. The van der Waals surface area contributed by atoms with Gasteiger partial charge >= 0.3 is 0 Å². The molecule has 7 nitrogen and oxygen atoms in total. The molecule has 0 radical (unpaired) electrons. The van der Waals surface area contributed by atoms with E-state index < -0.39 is 36.5 Å². The molecule has 3 unspecified atom stereocenters. The molecule has 2 aromatic rings. The van der Waals surface area contributed by atoms with Crippen molar-refractivity contribution >= 4 is 48.3 Å². The molecule has 0 bridgehead atoms. The van der Waals surface area contributed by atoms with Crippen molar-refractivity contribution in [2.75, 3.05) is 14.2 Å². The predicted octanol–water partition coefficient (Wildman–Crippen LogP) is 4.42. The lowest BCUT2D eigenvalue weighted by Crippen LogP contribution is -2.58. The Morgan fingerprint density at radius 1 is 1.27 bits per heavy atom. The quantitative estimate of drug-likeness (QED) is 0.451. The van der Waals surface area contributed by atoms with Crippen LogP contribution < -0.4 is 9.46 Å². The van der Waals surface area contributed by atoms with Gasteiger partial charge in [0, 0.05) is 19.0 Å². The summed E-state index contributed by atoms with van der Waals surface area (Å²) in [6.07, 6.45) is 1.62. The van der Waals surface area contributed by atoms with Crippen LogP contribution in [0.2, 0.25) is 0 Å². The number of sulfonamides is 1. The van der Waals surface area contributed by atoms with Gasteiger partial charge in [-0.05, 0) is 80.1 Å². The number of halogens is 1. The minimum absolute atomic E-state index is 0.0366. The lowest BCUT2D eigenvalue weighted by molar-refractivity contribution is 0.353. The van der Waals surface area contributed by atoms with Gasteiger partial charge in [-0.1, -0.05) is 12.1 Å². The second kappa shape index (κ2) is 10.0. The number of hydrogen-bond donors (Lipinski definition) is 1. The van der Waals surface area contributed by atoms with Gasteiger partial charge in [0.25, 0.3) is 0 Å². The van der Waals surface area contributed by atoms with Gasteiger partial charge in [0.2, 0.25) is 10.0 Å². The number of rotatable bonds is 10. The Kier molecular flexibility index (Phi) is 8.13. The largest absolute Gasteiger partial charge is 0.497 e. The van der Waals surface area contributed by atoms with Gasteiger partial charge in [-0.15, -0.1) is 11.3 Å². The number of benzene rings is 1. The Morgan fingerprint density at radius 3 is 2.33 bits per heavy atom. The number of methoxy groups -OCH3 is 1. The number of aromatic nitrogens is 1. The van der Waals surface area contributed by atoms with Gasteiger partial charge < -0.3 is 4.74 Å². The molecular weight excluding hydrogens is 546 g/mol. The van der Waals surface area contributed by atoms with Gasteiger partial charge in [-0.2, -0.15) is 0 Å². The van der Waals surface area contributed by atoms with E-state index in [0.29, 0.717) is 9.61 Å².